The minimum atomic E-state index is 0.395. The molecule has 0 bridgehead atoms. The molecule has 5 heteroatoms. The van der Waals surface area contributed by atoms with Crippen LogP contribution in [0, 0.1) is 13.8 Å². The summed E-state index contributed by atoms with van der Waals surface area (Å²) in [6, 6.07) is 1.93. The van der Waals surface area contributed by atoms with Crippen LogP contribution in [0.15, 0.2) is 12.3 Å². The van der Waals surface area contributed by atoms with E-state index >= 15 is 0 Å². The van der Waals surface area contributed by atoms with Crippen molar-refractivity contribution in [3.05, 3.63) is 34.9 Å². The number of hydrogen-bond donors (Lipinski definition) is 0. The fraction of sp³-hybridized carbons (Fsp3) is 0.500. The summed E-state index contributed by atoms with van der Waals surface area (Å²) in [7, 11) is 0. The van der Waals surface area contributed by atoms with Crippen molar-refractivity contribution >= 4 is 6.29 Å². The summed E-state index contributed by atoms with van der Waals surface area (Å²) in [4.78, 5) is 20.2. The Morgan fingerprint density at radius 1 is 1.14 bits per heavy atom. The molecule has 0 N–H and O–H groups in total. The van der Waals surface area contributed by atoms with Crippen LogP contribution < -0.4 is 0 Å². The van der Waals surface area contributed by atoms with Crippen LogP contribution in [0.5, 0.6) is 0 Å². The average Bonchev–Trinajstić information content (AvgIpc) is 2.91. The van der Waals surface area contributed by atoms with Crippen molar-refractivity contribution in [2.24, 2.45) is 0 Å². The summed E-state index contributed by atoms with van der Waals surface area (Å²) in [6.07, 6.45) is 8.61. The number of hydrogen-bond acceptors (Lipinski definition) is 4. The van der Waals surface area contributed by atoms with Crippen LogP contribution >= 0.6 is 0 Å². The van der Waals surface area contributed by atoms with Gasteiger partial charge < -0.3 is 0 Å². The highest BCUT2D eigenvalue weighted by molar-refractivity contribution is 5.76. The molecule has 0 aliphatic heterocycles. The van der Waals surface area contributed by atoms with Crippen LogP contribution in [0.1, 0.15) is 65.5 Å². The van der Waals surface area contributed by atoms with E-state index in [1.165, 1.54) is 19.3 Å². The first-order valence-electron chi connectivity index (χ1n) is 7.55. The molecule has 2 aromatic rings. The molecule has 0 aromatic carbocycles. The Labute approximate surface area is 124 Å². The largest absolute Gasteiger partial charge is 0.298 e. The van der Waals surface area contributed by atoms with E-state index in [-0.39, 0.29) is 0 Å². The van der Waals surface area contributed by atoms with Crippen LogP contribution in [0.3, 0.4) is 0 Å². The molecule has 0 radical (unpaired) electrons. The maximum absolute atomic E-state index is 11.4. The summed E-state index contributed by atoms with van der Waals surface area (Å²) in [6.45, 7) is 3.87. The Morgan fingerprint density at radius 2 is 1.81 bits per heavy atom. The first-order valence-corrected chi connectivity index (χ1v) is 7.55. The highest BCUT2D eigenvalue weighted by Crippen LogP contribution is 2.33. The van der Waals surface area contributed by atoms with E-state index in [0.717, 1.165) is 36.2 Å². The zero-order chi connectivity index (χ0) is 14.8. The van der Waals surface area contributed by atoms with Crippen LogP contribution in [0.2, 0.25) is 0 Å². The van der Waals surface area contributed by atoms with Crippen LogP contribution in [0.25, 0.3) is 5.95 Å². The quantitative estimate of drug-likeness (QED) is 0.812. The predicted octanol–water partition coefficient (Wildman–Crippen LogP) is 3.14. The van der Waals surface area contributed by atoms with E-state index in [0.29, 0.717) is 17.4 Å². The van der Waals surface area contributed by atoms with Gasteiger partial charge >= 0.3 is 0 Å². The minimum absolute atomic E-state index is 0.395. The van der Waals surface area contributed by atoms with Crippen molar-refractivity contribution in [3.8, 4) is 5.95 Å². The highest BCUT2D eigenvalue weighted by Gasteiger charge is 2.22. The standard InChI is InChI=1S/C16H20N4O/c1-11-8-12(2)18-16(17-11)20-9-14(10-21)15(19-20)13-6-4-3-5-7-13/h8-10,13H,3-7H2,1-2H3. The van der Waals surface area contributed by atoms with Gasteiger partial charge in [-0.25, -0.2) is 14.6 Å². The summed E-state index contributed by atoms with van der Waals surface area (Å²) in [5, 5.41) is 4.62. The zero-order valence-electron chi connectivity index (χ0n) is 12.5. The molecule has 0 saturated heterocycles. The lowest BCUT2D eigenvalue weighted by Crippen LogP contribution is -2.09. The lowest BCUT2D eigenvalue weighted by molar-refractivity contribution is 0.112. The third-order valence-electron chi connectivity index (χ3n) is 4.07. The van der Waals surface area contributed by atoms with Crippen molar-refractivity contribution in [1.82, 2.24) is 19.7 Å². The Balaban J connectivity index is 2.00. The number of carbonyl (C=O) groups is 1. The Bertz CT molecular complexity index is 636. The van der Waals surface area contributed by atoms with E-state index in [9.17, 15) is 4.79 Å². The van der Waals surface area contributed by atoms with Crippen LogP contribution in [0.4, 0.5) is 0 Å². The number of aldehydes is 1. The molecule has 1 aliphatic rings. The third kappa shape index (κ3) is 2.86. The average molecular weight is 284 g/mol. The molecule has 0 atom stereocenters. The SMILES string of the molecule is Cc1cc(C)nc(-n2cc(C=O)c(C3CCCCC3)n2)n1. The molecule has 110 valence electrons. The van der Waals surface area contributed by atoms with Crippen molar-refractivity contribution < 1.29 is 4.79 Å². The van der Waals surface area contributed by atoms with Gasteiger partial charge in [0, 0.05) is 23.5 Å². The molecular formula is C16H20N4O. The van der Waals surface area contributed by atoms with Gasteiger partial charge in [0.25, 0.3) is 5.95 Å². The van der Waals surface area contributed by atoms with Gasteiger partial charge in [-0.15, -0.1) is 0 Å². The van der Waals surface area contributed by atoms with Gasteiger partial charge in [0.1, 0.15) is 0 Å². The number of nitrogens with zero attached hydrogens (tertiary/aromatic N) is 4. The molecule has 3 rings (SSSR count). The van der Waals surface area contributed by atoms with E-state index in [4.69, 9.17) is 0 Å². The molecule has 2 heterocycles. The Kier molecular flexibility index (Phi) is 3.82. The summed E-state index contributed by atoms with van der Waals surface area (Å²) >= 11 is 0. The van der Waals surface area contributed by atoms with Gasteiger partial charge in [-0.2, -0.15) is 5.10 Å². The molecule has 0 amide bonds. The summed E-state index contributed by atoms with van der Waals surface area (Å²) in [5.74, 6) is 0.934. The maximum atomic E-state index is 11.4. The smallest absolute Gasteiger partial charge is 0.250 e. The zero-order valence-corrected chi connectivity index (χ0v) is 12.5. The lowest BCUT2D eigenvalue weighted by Gasteiger charge is -2.19. The summed E-state index contributed by atoms with van der Waals surface area (Å²) < 4.78 is 1.65. The van der Waals surface area contributed by atoms with Gasteiger partial charge in [0.2, 0.25) is 0 Å². The van der Waals surface area contributed by atoms with Crippen molar-refractivity contribution in [2.45, 2.75) is 51.9 Å². The predicted molar refractivity (Wildman–Crippen MR) is 79.8 cm³/mol. The molecule has 2 aromatic heterocycles. The van der Waals surface area contributed by atoms with Gasteiger partial charge in [-0.05, 0) is 32.8 Å². The maximum Gasteiger partial charge on any atom is 0.250 e. The minimum Gasteiger partial charge on any atom is -0.298 e. The fourth-order valence-electron chi connectivity index (χ4n) is 3.10. The normalized spacial score (nSPS) is 16.1. The number of aryl methyl sites for hydroxylation is 2. The van der Waals surface area contributed by atoms with Gasteiger partial charge in [0.05, 0.1) is 11.3 Å². The van der Waals surface area contributed by atoms with E-state index < -0.39 is 0 Å². The number of aromatic nitrogens is 4. The van der Waals surface area contributed by atoms with Gasteiger partial charge in [-0.3, -0.25) is 4.79 Å². The first kappa shape index (κ1) is 13.9. The van der Waals surface area contributed by atoms with Gasteiger partial charge in [0.15, 0.2) is 6.29 Å². The molecule has 1 fully saturated rings. The van der Waals surface area contributed by atoms with E-state index in [1.54, 1.807) is 10.9 Å². The second kappa shape index (κ2) is 5.76. The topological polar surface area (TPSA) is 60.7 Å². The fourth-order valence-corrected chi connectivity index (χ4v) is 3.10. The lowest BCUT2D eigenvalue weighted by atomic mass is 9.86. The monoisotopic (exact) mass is 284 g/mol. The highest BCUT2D eigenvalue weighted by atomic mass is 16.1. The first-order chi connectivity index (χ1) is 10.2. The van der Waals surface area contributed by atoms with Gasteiger partial charge in [-0.1, -0.05) is 19.3 Å². The molecule has 0 unspecified atom stereocenters. The van der Waals surface area contributed by atoms with Crippen molar-refractivity contribution in [3.63, 3.8) is 0 Å². The molecular weight excluding hydrogens is 264 g/mol. The molecule has 5 nitrogen and oxygen atoms in total. The van der Waals surface area contributed by atoms with E-state index in [2.05, 4.69) is 15.1 Å². The van der Waals surface area contributed by atoms with Crippen molar-refractivity contribution in [1.29, 1.82) is 0 Å². The van der Waals surface area contributed by atoms with Crippen LogP contribution in [-0.4, -0.2) is 26.0 Å². The second-order valence-electron chi connectivity index (χ2n) is 5.82. The molecule has 1 saturated carbocycles. The Hall–Kier alpha value is -2.04. The second-order valence-corrected chi connectivity index (χ2v) is 5.82. The molecule has 0 spiro atoms. The Morgan fingerprint density at radius 3 is 2.43 bits per heavy atom. The molecule has 21 heavy (non-hydrogen) atoms. The van der Waals surface area contributed by atoms with Crippen molar-refractivity contribution in [2.75, 3.05) is 0 Å². The number of carbonyl (C=O) groups excluding carboxylic acids is 1. The van der Waals surface area contributed by atoms with E-state index in [1.807, 2.05) is 19.9 Å². The van der Waals surface area contributed by atoms with Crippen LogP contribution in [-0.2, 0) is 0 Å². The summed E-state index contributed by atoms with van der Waals surface area (Å²) in [5.41, 5.74) is 3.39. The third-order valence-corrected chi connectivity index (χ3v) is 4.07. The molecule has 1 aliphatic carbocycles. The number of rotatable bonds is 3.